The van der Waals surface area contributed by atoms with Crippen molar-refractivity contribution in [2.24, 2.45) is 5.73 Å². The van der Waals surface area contributed by atoms with E-state index >= 15 is 0 Å². The Kier molecular flexibility index (Phi) is 2.77. The molecule has 1 fully saturated rings. The van der Waals surface area contributed by atoms with Crippen LogP contribution in [-0.2, 0) is 0 Å². The number of thiophene rings is 1. The number of carbonyl (C=O) groups is 1. The zero-order valence-electron chi connectivity index (χ0n) is 9.15. The summed E-state index contributed by atoms with van der Waals surface area (Å²) in [6, 6.07) is -0.584. The standard InChI is InChI=1S/C11H13BrN2O2S/c12-10-5-6(8(15)9(16)7(5)13)11(17-10)14-3-1-2-4-14/h7,9,16H,1-4,13H2/t7-,9-/m1/s1. The van der Waals surface area contributed by atoms with Crippen LogP contribution in [0.15, 0.2) is 3.79 Å². The van der Waals surface area contributed by atoms with Gasteiger partial charge in [-0.1, -0.05) is 0 Å². The number of Topliss-reactive ketones (excluding diaryl/α,β-unsaturated/α-hetero) is 1. The molecule has 2 atom stereocenters. The van der Waals surface area contributed by atoms with Crippen LogP contribution >= 0.6 is 27.3 Å². The molecule has 0 saturated carbocycles. The second kappa shape index (κ2) is 4.05. The van der Waals surface area contributed by atoms with Gasteiger partial charge in [0.25, 0.3) is 0 Å². The van der Waals surface area contributed by atoms with Crippen LogP contribution in [0.1, 0.15) is 34.8 Å². The van der Waals surface area contributed by atoms with Crippen molar-refractivity contribution in [3.05, 3.63) is 14.9 Å². The maximum Gasteiger partial charge on any atom is 0.196 e. The van der Waals surface area contributed by atoms with E-state index in [1.54, 1.807) is 11.3 Å². The van der Waals surface area contributed by atoms with Crippen LogP contribution in [0.25, 0.3) is 0 Å². The van der Waals surface area contributed by atoms with E-state index in [2.05, 4.69) is 20.8 Å². The first-order valence-corrected chi connectivity index (χ1v) is 7.27. The Labute approximate surface area is 112 Å². The summed E-state index contributed by atoms with van der Waals surface area (Å²) in [5.74, 6) is -0.226. The van der Waals surface area contributed by atoms with Crippen molar-refractivity contribution in [1.29, 1.82) is 0 Å². The van der Waals surface area contributed by atoms with Crippen LogP contribution in [0, 0.1) is 0 Å². The maximum absolute atomic E-state index is 12.0. The van der Waals surface area contributed by atoms with Gasteiger partial charge in [-0.15, -0.1) is 11.3 Å². The molecule has 1 aromatic rings. The van der Waals surface area contributed by atoms with Gasteiger partial charge in [0.15, 0.2) is 5.78 Å². The molecule has 0 bridgehead atoms. The average Bonchev–Trinajstić information content (AvgIpc) is 2.96. The van der Waals surface area contributed by atoms with Crippen LogP contribution in [-0.4, -0.2) is 30.1 Å². The molecule has 17 heavy (non-hydrogen) atoms. The van der Waals surface area contributed by atoms with E-state index in [1.807, 2.05) is 0 Å². The minimum absolute atomic E-state index is 0.226. The summed E-state index contributed by atoms with van der Waals surface area (Å²) in [4.78, 5) is 14.2. The van der Waals surface area contributed by atoms with Crippen molar-refractivity contribution in [3.63, 3.8) is 0 Å². The lowest BCUT2D eigenvalue weighted by atomic mass is 10.2. The molecule has 1 saturated heterocycles. The number of carbonyl (C=O) groups excluding carboxylic acids is 1. The van der Waals surface area contributed by atoms with E-state index in [-0.39, 0.29) is 5.78 Å². The predicted molar refractivity (Wildman–Crippen MR) is 70.7 cm³/mol. The molecular formula is C11H13BrN2O2S. The molecule has 2 heterocycles. The molecule has 4 nitrogen and oxygen atoms in total. The first-order valence-electron chi connectivity index (χ1n) is 5.66. The number of rotatable bonds is 1. The number of hydrogen-bond donors (Lipinski definition) is 2. The summed E-state index contributed by atoms with van der Waals surface area (Å²) in [6.07, 6.45) is 1.24. The molecule has 0 spiro atoms. The number of nitrogens with zero attached hydrogens (tertiary/aromatic N) is 1. The zero-order valence-corrected chi connectivity index (χ0v) is 11.6. The Morgan fingerprint density at radius 3 is 2.71 bits per heavy atom. The van der Waals surface area contributed by atoms with Gasteiger partial charge in [0.2, 0.25) is 0 Å². The van der Waals surface area contributed by atoms with E-state index in [1.165, 1.54) is 0 Å². The summed E-state index contributed by atoms with van der Waals surface area (Å²) < 4.78 is 0.881. The van der Waals surface area contributed by atoms with Crippen molar-refractivity contribution < 1.29 is 9.90 Å². The molecular weight excluding hydrogens is 304 g/mol. The SMILES string of the molecule is N[C@@H]1c2c(Br)sc(N3CCCC3)c2C(=O)[C@@H]1O. The van der Waals surface area contributed by atoms with Gasteiger partial charge in [0.05, 0.1) is 15.4 Å². The van der Waals surface area contributed by atoms with Crippen LogP contribution < -0.4 is 10.6 Å². The summed E-state index contributed by atoms with van der Waals surface area (Å²) in [7, 11) is 0. The van der Waals surface area contributed by atoms with Gasteiger partial charge in [-0.3, -0.25) is 4.79 Å². The maximum atomic E-state index is 12.0. The van der Waals surface area contributed by atoms with Crippen molar-refractivity contribution in [2.45, 2.75) is 25.0 Å². The Hall–Kier alpha value is -0.430. The largest absolute Gasteiger partial charge is 0.383 e. The Morgan fingerprint density at radius 1 is 1.41 bits per heavy atom. The smallest absolute Gasteiger partial charge is 0.196 e. The third-order valence-corrected chi connectivity index (χ3v) is 5.43. The number of anilines is 1. The molecule has 6 heteroatoms. The van der Waals surface area contributed by atoms with E-state index in [0.29, 0.717) is 5.56 Å². The Morgan fingerprint density at radius 2 is 2.06 bits per heavy atom. The van der Waals surface area contributed by atoms with Crippen LogP contribution in [0.5, 0.6) is 0 Å². The minimum atomic E-state index is -1.08. The monoisotopic (exact) mass is 316 g/mol. The van der Waals surface area contributed by atoms with Crippen molar-refractivity contribution >= 4 is 38.1 Å². The number of ketones is 1. The van der Waals surface area contributed by atoms with E-state index < -0.39 is 12.1 Å². The fraction of sp³-hybridized carbons (Fsp3) is 0.545. The highest BCUT2D eigenvalue weighted by Crippen LogP contribution is 2.48. The van der Waals surface area contributed by atoms with Crippen LogP contribution in [0.3, 0.4) is 0 Å². The fourth-order valence-electron chi connectivity index (χ4n) is 2.55. The van der Waals surface area contributed by atoms with Gasteiger partial charge in [-0.05, 0) is 28.8 Å². The molecule has 2 aliphatic rings. The molecule has 3 N–H and O–H groups in total. The third kappa shape index (κ3) is 1.58. The summed E-state index contributed by atoms with van der Waals surface area (Å²) in [5.41, 5.74) is 7.31. The molecule has 0 radical (unpaired) electrons. The average molecular weight is 317 g/mol. The number of aliphatic hydroxyl groups excluding tert-OH is 1. The summed E-state index contributed by atoms with van der Waals surface area (Å²) in [5, 5.41) is 10.7. The Bertz CT molecular complexity index is 482. The summed E-state index contributed by atoms with van der Waals surface area (Å²) in [6.45, 7) is 1.97. The molecule has 0 aromatic carbocycles. The van der Waals surface area contributed by atoms with E-state index in [0.717, 1.165) is 40.3 Å². The van der Waals surface area contributed by atoms with Crippen LogP contribution in [0.4, 0.5) is 5.00 Å². The number of hydrogen-bond acceptors (Lipinski definition) is 5. The van der Waals surface area contributed by atoms with Gasteiger partial charge >= 0.3 is 0 Å². The quantitative estimate of drug-likeness (QED) is 0.827. The van der Waals surface area contributed by atoms with Gasteiger partial charge in [-0.25, -0.2) is 0 Å². The molecule has 0 amide bonds. The second-order valence-corrected chi connectivity index (χ2v) is 6.82. The molecule has 1 aliphatic carbocycles. The van der Waals surface area contributed by atoms with Crippen molar-refractivity contribution in [1.82, 2.24) is 0 Å². The third-order valence-electron chi connectivity index (χ3n) is 3.46. The van der Waals surface area contributed by atoms with E-state index in [9.17, 15) is 9.90 Å². The normalized spacial score (nSPS) is 27.9. The number of aliphatic hydroxyl groups is 1. The second-order valence-electron chi connectivity index (χ2n) is 4.50. The van der Waals surface area contributed by atoms with Gasteiger partial charge in [0.1, 0.15) is 11.1 Å². The lowest BCUT2D eigenvalue weighted by Gasteiger charge is -2.16. The van der Waals surface area contributed by atoms with Crippen molar-refractivity contribution in [3.8, 4) is 0 Å². The number of nitrogens with two attached hydrogens (primary N) is 1. The highest BCUT2D eigenvalue weighted by molar-refractivity contribution is 9.11. The highest BCUT2D eigenvalue weighted by Gasteiger charge is 2.42. The fourth-order valence-corrected chi connectivity index (χ4v) is 4.62. The first-order chi connectivity index (χ1) is 8.11. The Balaban J connectivity index is 2.11. The van der Waals surface area contributed by atoms with Gasteiger partial charge in [-0.2, -0.15) is 0 Å². The molecule has 0 unspecified atom stereocenters. The highest BCUT2D eigenvalue weighted by atomic mass is 79.9. The number of fused-ring (bicyclic) bond motifs is 1. The van der Waals surface area contributed by atoms with Crippen LogP contribution in [0.2, 0.25) is 0 Å². The molecule has 3 rings (SSSR count). The summed E-state index contributed by atoms with van der Waals surface area (Å²) >= 11 is 5.01. The van der Waals surface area contributed by atoms with E-state index in [4.69, 9.17) is 5.73 Å². The molecule has 1 aromatic heterocycles. The van der Waals surface area contributed by atoms with Gasteiger partial charge in [0, 0.05) is 18.7 Å². The number of halogens is 1. The lowest BCUT2D eigenvalue weighted by molar-refractivity contribution is 0.0736. The predicted octanol–water partition coefficient (Wildman–Crippen LogP) is 1.67. The lowest BCUT2D eigenvalue weighted by Crippen LogP contribution is -2.26. The zero-order chi connectivity index (χ0) is 12.2. The minimum Gasteiger partial charge on any atom is -0.383 e. The first kappa shape index (κ1) is 11.6. The topological polar surface area (TPSA) is 66.6 Å². The van der Waals surface area contributed by atoms with Crippen molar-refractivity contribution in [2.75, 3.05) is 18.0 Å². The molecule has 1 aliphatic heterocycles. The molecule has 92 valence electrons. The van der Waals surface area contributed by atoms with Gasteiger partial charge < -0.3 is 15.7 Å².